The highest BCUT2D eigenvalue weighted by molar-refractivity contribution is 7.07. The Morgan fingerprint density at radius 1 is 0.846 bits per heavy atom. The number of thiophene rings is 1. The third-order valence-corrected chi connectivity index (χ3v) is 5.09. The van der Waals surface area contributed by atoms with Gasteiger partial charge in [-0.15, -0.1) is 0 Å². The molecule has 0 amide bonds. The molecule has 0 unspecified atom stereocenters. The summed E-state index contributed by atoms with van der Waals surface area (Å²) >= 11 is 1.78. The molecule has 0 spiro atoms. The lowest BCUT2D eigenvalue weighted by Gasteiger charge is -2.24. The summed E-state index contributed by atoms with van der Waals surface area (Å²) in [5.41, 5.74) is 4.27. The maximum atomic E-state index is 2.54. The van der Waals surface area contributed by atoms with Gasteiger partial charge >= 0.3 is 0 Å². The SMILES string of the molecule is CCCCC.CCc1cccc(CN(CCN(C)C)Cc2ccsc2)c1. The van der Waals surface area contributed by atoms with Crippen molar-refractivity contribution in [3.8, 4) is 0 Å². The first kappa shape index (κ1) is 22.9. The summed E-state index contributed by atoms with van der Waals surface area (Å²) in [6, 6.07) is 11.2. The second-order valence-corrected chi connectivity index (χ2v) is 7.95. The van der Waals surface area contributed by atoms with Crippen LogP contribution < -0.4 is 0 Å². The van der Waals surface area contributed by atoms with Gasteiger partial charge < -0.3 is 4.90 Å². The topological polar surface area (TPSA) is 6.48 Å². The van der Waals surface area contributed by atoms with Gasteiger partial charge in [-0.3, -0.25) is 4.90 Å². The zero-order valence-electron chi connectivity index (χ0n) is 17.5. The van der Waals surface area contributed by atoms with Crippen molar-refractivity contribution >= 4 is 11.3 Å². The van der Waals surface area contributed by atoms with Crippen LogP contribution in [0.15, 0.2) is 41.1 Å². The van der Waals surface area contributed by atoms with Gasteiger partial charge in [0.2, 0.25) is 0 Å². The van der Waals surface area contributed by atoms with Crippen LogP contribution in [0.5, 0.6) is 0 Å². The number of unbranched alkanes of at least 4 members (excludes halogenated alkanes) is 2. The van der Waals surface area contributed by atoms with E-state index in [2.05, 4.69) is 85.8 Å². The lowest BCUT2D eigenvalue weighted by molar-refractivity contribution is 0.226. The minimum Gasteiger partial charge on any atom is -0.308 e. The Hall–Kier alpha value is -1.16. The highest BCUT2D eigenvalue weighted by Crippen LogP contribution is 2.14. The molecule has 1 aromatic heterocycles. The van der Waals surface area contributed by atoms with Gasteiger partial charge in [-0.05, 0) is 54.0 Å². The van der Waals surface area contributed by atoms with Gasteiger partial charge in [-0.25, -0.2) is 0 Å². The van der Waals surface area contributed by atoms with Crippen molar-refractivity contribution in [2.45, 2.75) is 59.5 Å². The molecular formula is C23H38N2S. The number of aryl methyl sites for hydroxylation is 1. The maximum absolute atomic E-state index is 2.54. The van der Waals surface area contributed by atoms with Crippen molar-refractivity contribution in [3.63, 3.8) is 0 Å². The van der Waals surface area contributed by atoms with E-state index in [1.54, 1.807) is 11.3 Å². The average molecular weight is 375 g/mol. The Balaban J connectivity index is 0.000000597. The summed E-state index contributed by atoms with van der Waals surface area (Å²) in [6.45, 7) is 10.9. The molecule has 0 fully saturated rings. The number of likely N-dealkylation sites (N-methyl/N-ethyl adjacent to an activating group) is 1. The third kappa shape index (κ3) is 10.1. The molecule has 1 heterocycles. The fourth-order valence-electron chi connectivity index (χ4n) is 2.76. The highest BCUT2D eigenvalue weighted by Gasteiger charge is 2.08. The van der Waals surface area contributed by atoms with E-state index in [4.69, 9.17) is 0 Å². The summed E-state index contributed by atoms with van der Waals surface area (Å²) in [6.07, 6.45) is 5.18. The Bertz CT molecular complexity index is 561. The molecular weight excluding hydrogens is 336 g/mol. The zero-order chi connectivity index (χ0) is 19.2. The van der Waals surface area contributed by atoms with Gasteiger partial charge in [0.05, 0.1) is 0 Å². The van der Waals surface area contributed by atoms with Crippen molar-refractivity contribution in [2.75, 3.05) is 27.2 Å². The van der Waals surface area contributed by atoms with Gasteiger partial charge in [-0.2, -0.15) is 11.3 Å². The smallest absolute Gasteiger partial charge is 0.0246 e. The molecule has 0 radical (unpaired) electrons. The van der Waals surface area contributed by atoms with E-state index in [1.165, 1.54) is 36.0 Å². The fraction of sp³-hybridized carbons (Fsp3) is 0.565. The van der Waals surface area contributed by atoms with Gasteiger partial charge in [-0.1, -0.05) is 64.3 Å². The van der Waals surface area contributed by atoms with Crippen molar-refractivity contribution in [2.24, 2.45) is 0 Å². The summed E-state index contributed by atoms with van der Waals surface area (Å²) in [5, 5.41) is 4.42. The molecule has 0 aliphatic rings. The monoisotopic (exact) mass is 374 g/mol. The fourth-order valence-corrected chi connectivity index (χ4v) is 3.42. The summed E-state index contributed by atoms with van der Waals surface area (Å²) in [7, 11) is 4.28. The highest BCUT2D eigenvalue weighted by atomic mass is 32.1. The average Bonchev–Trinajstić information content (AvgIpc) is 3.14. The van der Waals surface area contributed by atoms with Crippen LogP contribution in [0.4, 0.5) is 0 Å². The predicted octanol–water partition coefficient (Wildman–Crippen LogP) is 6.07. The Morgan fingerprint density at radius 2 is 1.54 bits per heavy atom. The zero-order valence-corrected chi connectivity index (χ0v) is 18.3. The summed E-state index contributed by atoms with van der Waals surface area (Å²) < 4.78 is 0. The molecule has 0 aliphatic heterocycles. The van der Waals surface area contributed by atoms with E-state index in [-0.39, 0.29) is 0 Å². The molecule has 0 bridgehead atoms. The number of nitrogens with zero attached hydrogens (tertiary/aromatic N) is 2. The van der Waals surface area contributed by atoms with E-state index in [9.17, 15) is 0 Å². The van der Waals surface area contributed by atoms with E-state index in [0.717, 1.165) is 32.6 Å². The first-order valence-corrected chi connectivity index (χ1v) is 11.0. The predicted molar refractivity (Wildman–Crippen MR) is 118 cm³/mol. The van der Waals surface area contributed by atoms with Crippen LogP contribution in [-0.4, -0.2) is 37.0 Å². The largest absolute Gasteiger partial charge is 0.308 e. The molecule has 0 saturated heterocycles. The molecule has 0 atom stereocenters. The first-order valence-electron chi connectivity index (χ1n) is 10.0. The van der Waals surface area contributed by atoms with Crippen LogP contribution in [0.3, 0.4) is 0 Å². The summed E-state index contributed by atoms with van der Waals surface area (Å²) in [4.78, 5) is 4.79. The van der Waals surface area contributed by atoms with Crippen LogP contribution in [0, 0.1) is 0 Å². The lowest BCUT2D eigenvalue weighted by Crippen LogP contribution is -2.31. The molecule has 1 aromatic carbocycles. The Morgan fingerprint density at radius 3 is 2.08 bits per heavy atom. The van der Waals surface area contributed by atoms with E-state index in [0.29, 0.717) is 0 Å². The molecule has 0 saturated carbocycles. The number of hydrogen-bond acceptors (Lipinski definition) is 3. The Kier molecular flexibility index (Phi) is 12.3. The van der Waals surface area contributed by atoms with Crippen molar-refractivity contribution in [3.05, 3.63) is 57.8 Å². The quantitative estimate of drug-likeness (QED) is 0.498. The lowest BCUT2D eigenvalue weighted by atomic mass is 10.1. The van der Waals surface area contributed by atoms with Crippen LogP contribution in [0.1, 0.15) is 56.7 Å². The number of rotatable bonds is 10. The van der Waals surface area contributed by atoms with Crippen molar-refractivity contribution < 1.29 is 0 Å². The van der Waals surface area contributed by atoms with Gasteiger partial charge in [0.1, 0.15) is 0 Å². The molecule has 2 rings (SSSR count). The second-order valence-electron chi connectivity index (χ2n) is 7.17. The first-order chi connectivity index (χ1) is 12.6. The normalized spacial score (nSPS) is 10.9. The van der Waals surface area contributed by atoms with Crippen LogP contribution in [0.2, 0.25) is 0 Å². The van der Waals surface area contributed by atoms with Crippen LogP contribution in [-0.2, 0) is 19.5 Å². The molecule has 0 aliphatic carbocycles. The van der Waals surface area contributed by atoms with Gasteiger partial charge in [0.25, 0.3) is 0 Å². The number of benzene rings is 1. The molecule has 3 heteroatoms. The second kappa shape index (κ2) is 14.0. The Labute approximate surface area is 165 Å². The maximum Gasteiger partial charge on any atom is 0.0246 e. The van der Waals surface area contributed by atoms with Gasteiger partial charge in [0, 0.05) is 26.2 Å². The van der Waals surface area contributed by atoms with E-state index < -0.39 is 0 Å². The van der Waals surface area contributed by atoms with Crippen LogP contribution in [0.25, 0.3) is 0 Å². The minimum absolute atomic E-state index is 1.03. The van der Waals surface area contributed by atoms with Crippen LogP contribution >= 0.6 is 11.3 Å². The molecule has 146 valence electrons. The third-order valence-electron chi connectivity index (χ3n) is 4.36. The minimum atomic E-state index is 1.03. The summed E-state index contributed by atoms with van der Waals surface area (Å²) in [5.74, 6) is 0. The molecule has 2 aromatic rings. The molecule has 2 nitrogen and oxygen atoms in total. The van der Waals surface area contributed by atoms with Gasteiger partial charge in [0.15, 0.2) is 0 Å². The standard InChI is InChI=1S/C18H26N2S.C5H12/c1-4-16-6-5-7-17(12-16)13-20(10-9-19(2)3)14-18-8-11-21-15-18;1-3-5-4-2/h5-8,11-12,15H,4,9-10,13-14H2,1-3H3;3-5H2,1-2H3. The van der Waals surface area contributed by atoms with E-state index >= 15 is 0 Å². The van der Waals surface area contributed by atoms with E-state index in [1.807, 2.05) is 0 Å². The van der Waals surface area contributed by atoms with Crippen molar-refractivity contribution in [1.29, 1.82) is 0 Å². The molecule has 26 heavy (non-hydrogen) atoms. The number of hydrogen-bond donors (Lipinski definition) is 0. The molecule has 0 N–H and O–H groups in total. The van der Waals surface area contributed by atoms with Crippen molar-refractivity contribution in [1.82, 2.24) is 9.80 Å².